The normalized spacial score (nSPS) is 17.1. The Hall–Kier alpha value is -1.54. The second-order valence-corrected chi connectivity index (χ2v) is 7.60. The van der Waals surface area contributed by atoms with Crippen LogP contribution in [-0.4, -0.2) is 27.5 Å². The highest BCUT2D eigenvalue weighted by molar-refractivity contribution is 9.09. The van der Waals surface area contributed by atoms with Crippen LogP contribution in [0.25, 0.3) is 0 Å². The lowest BCUT2D eigenvalue weighted by Crippen LogP contribution is -2.42. The molecule has 25 heavy (non-hydrogen) atoms. The molecule has 1 heterocycles. The third-order valence-electron chi connectivity index (χ3n) is 3.81. The number of nitrogens with two attached hydrogens (primary N) is 1. The second kappa shape index (κ2) is 9.24. The number of carbonyl (C=O) groups is 2. The topological polar surface area (TPSA) is 75.4 Å². The first-order valence-corrected chi connectivity index (χ1v) is 9.96. The molecule has 8 heteroatoms. The molecule has 0 saturated carbocycles. The minimum atomic E-state index is -0.525. The van der Waals surface area contributed by atoms with E-state index in [0.29, 0.717) is 23.6 Å². The van der Waals surface area contributed by atoms with Gasteiger partial charge in [-0.05, 0) is 37.5 Å². The lowest BCUT2D eigenvalue weighted by Gasteiger charge is -2.28. The van der Waals surface area contributed by atoms with Crippen LogP contribution in [0.4, 0.5) is 4.39 Å². The van der Waals surface area contributed by atoms with Gasteiger partial charge in [0.25, 0.3) is 5.91 Å². The molecule has 0 radical (unpaired) electrons. The Morgan fingerprint density at radius 2 is 2.16 bits per heavy atom. The maximum atomic E-state index is 13.4. The van der Waals surface area contributed by atoms with Gasteiger partial charge in [-0.25, -0.2) is 4.39 Å². The van der Waals surface area contributed by atoms with E-state index in [2.05, 4.69) is 21.2 Å². The van der Waals surface area contributed by atoms with Gasteiger partial charge in [-0.2, -0.15) is 0 Å². The first-order chi connectivity index (χ1) is 11.9. The Kier molecular flexibility index (Phi) is 7.31. The average molecular weight is 430 g/mol. The van der Waals surface area contributed by atoms with Crippen molar-refractivity contribution < 1.29 is 14.0 Å². The number of halogens is 2. The van der Waals surface area contributed by atoms with Crippen molar-refractivity contribution in [3.63, 3.8) is 0 Å². The van der Waals surface area contributed by atoms with Gasteiger partial charge in [0.1, 0.15) is 5.82 Å². The maximum Gasteiger partial charge on any atom is 0.257 e. The number of primary amides is 1. The molecule has 2 rings (SSSR count). The van der Waals surface area contributed by atoms with Gasteiger partial charge in [-0.15, -0.1) is 0 Å². The van der Waals surface area contributed by atoms with Gasteiger partial charge >= 0.3 is 0 Å². The quantitative estimate of drug-likeness (QED) is 0.491. The summed E-state index contributed by atoms with van der Waals surface area (Å²) < 4.78 is 13.4. The summed E-state index contributed by atoms with van der Waals surface area (Å²) in [4.78, 5) is 26.1. The third kappa shape index (κ3) is 5.47. The van der Waals surface area contributed by atoms with Gasteiger partial charge in [-0.3, -0.25) is 9.59 Å². The Morgan fingerprint density at radius 1 is 1.40 bits per heavy atom. The number of benzene rings is 1. The molecule has 1 aliphatic heterocycles. The van der Waals surface area contributed by atoms with Crippen LogP contribution in [0, 0.1) is 5.82 Å². The molecule has 0 saturated heterocycles. The molecule has 1 aromatic carbocycles. The Bertz CT molecular complexity index is 684. The first-order valence-electron chi connectivity index (χ1n) is 7.96. The van der Waals surface area contributed by atoms with Crippen LogP contribution in [0.5, 0.6) is 0 Å². The van der Waals surface area contributed by atoms with Gasteiger partial charge in [0.2, 0.25) is 5.91 Å². The molecule has 5 nitrogen and oxygen atoms in total. The zero-order valence-corrected chi connectivity index (χ0v) is 16.3. The predicted molar refractivity (Wildman–Crippen MR) is 101 cm³/mol. The number of hydrogen-bond acceptors (Lipinski definition) is 4. The van der Waals surface area contributed by atoms with Crippen LogP contribution in [0.3, 0.4) is 0 Å². The van der Waals surface area contributed by atoms with E-state index in [4.69, 9.17) is 5.73 Å². The predicted octanol–water partition coefficient (Wildman–Crippen LogP) is 3.06. The molecule has 1 aliphatic rings. The Balaban J connectivity index is 2.11. The van der Waals surface area contributed by atoms with Crippen LogP contribution in [-0.2, 0) is 16.1 Å². The molecule has 0 aromatic heterocycles. The summed E-state index contributed by atoms with van der Waals surface area (Å²) in [5.74, 6) is -0.930. The fourth-order valence-corrected chi connectivity index (χ4v) is 4.11. The monoisotopic (exact) mass is 429 g/mol. The molecule has 3 N–H and O–H groups in total. The van der Waals surface area contributed by atoms with Crippen molar-refractivity contribution >= 4 is 39.5 Å². The number of allylic oxidation sites excluding steroid dienone is 1. The standard InChI is InChI=1S/C17H21BrFN3O2S/c1-11-15(16(20)24)25-17(21-14(23)7-2-3-8-18)22(11)10-12-5-4-6-13(19)9-12/h4-6,9,17H,2-3,7-8,10H2,1H3,(H2,20,24)(H,21,23). The molecular weight excluding hydrogens is 409 g/mol. The molecule has 2 amide bonds. The van der Waals surface area contributed by atoms with Crippen LogP contribution in [0.1, 0.15) is 31.7 Å². The van der Waals surface area contributed by atoms with Crippen LogP contribution < -0.4 is 11.1 Å². The SMILES string of the molecule is CC1=C(C(N)=O)SC(NC(=O)CCCCBr)N1Cc1cccc(F)c1. The van der Waals surface area contributed by atoms with E-state index in [-0.39, 0.29) is 11.7 Å². The molecule has 136 valence electrons. The highest BCUT2D eigenvalue weighted by atomic mass is 79.9. The summed E-state index contributed by atoms with van der Waals surface area (Å²) >= 11 is 4.56. The highest BCUT2D eigenvalue weighted by Crippen LogP contribution is 2.37. The van der Waals surface area contributed by atoms with Gasteiger partial charge in [0, 0.05) is 24.0 Å². The lowest BCUT2D eigenvalue weighted by atomic mass is 10.2. The van der Waals surface area contributed by atoms with Crippen molar-refractivity contribution in [1.29, 1.82) is 0 Å². The summed E-state index contributed by atoms with van der Waals surface area (Å²) in [6.45, 7) is 2.16. The van der Waals surface area contributed by atoms with E-state index in [1.54, 1.807) is 19.1 Å². The van der Waals surface area contributed by atoms with Crippen molar-refractivity contribution in [1.82, 2.24) is 10.2 Å². The molecule has 1 atom stereocenters. The van der Waals surface area contributed by atoms with Crippen LogP contribution in [0.2, 0.25) is 0 Å². The van der Waals surface area contributed by atoms with Crippen LogP contribution >= 0.6 is 27.7 Å². The summed E-state index contributed by atoms with van der Waals surface area (Å²) in [6.07, 6.45) is 2.12. The number of thioether (sulfide) groups is 1. The number of rotatable bonds is 8. The summed E-state index contributed by atoms with van der Waals surface area (Å²) in [5, 5.41) is 3.79. The molecular formula is C17H21BrFN3O2S. The minimum Gasteiger partial charge on any atom is -0.365 e. The van der Waals surface area contributed by atoms with E-state index in [0.717, 1.165) is 23.7 Å². The number of hydrogen-bond donors (Lipinski definition) is 2. The zero-order valence-electron chi connectivity index (χ0n) is 13.9. The van der Waals surface area contributed by atoms with Crippen molar-refractivity contribution in [2.45, 2.75) is 38.2 Å². The van der Waals surface area contributed by atoms with Crippen molar-refractivity contribution in [2.24, 2.45) is 5.73 Å². The molecule has 0 fully saturated rings. The van der Waals surface area contributed by atoms with E-state index >= 15 is 0 Å². The molecule has 1 aromatic rings. The number of unbranched alkanes of at least 4 members (excludes halogenated alkanes) is 1. The van der Waals surface area contributed by atoms with Crippen molar-refractivity contribution in [3.8, 4) is 0 Å². The number of nitrogens with zero attached hydrogens (tertiary/aromatic N) is 1. The van der Waals surface area contributed by atoms with E-state index in [9.17, 15) is 14.0 Å². The zero-order chi connectivity index (χ0) is 18.4. The van der Waals surface area contributed by atoms with Crippen molar-refractivity contribution in [3.05, 3.63) is 46.2 Å². The number of nitrogens with one attached hydrogen (secondary N) is 1. The van der Waals surface area contributed by atoms with Crippen molar-refractivity contribution in [2.75, 3.05) is 5.33 Å². The number of amides is 2. The number of carbonyl (C=O) groups excluding carboxylic acids is 2. The summed E-state index contributed by atoms with van der Waals surface area (Å²) in [6, 6.07) is 6.26. The molecule has 0 spiro atoms. The van der Waals surface area contributed by atoms with Crippen LogP contribution in [0.15, 0.2) is 34.9 Å². The van der Waals surface area contributed by atoms with E-state index in [1.807, 2.05) is 4.90 Å². The van der Waals surface area contributed by atoms with Gasteiger partial charge in [0.15, 0.2) is 5.50 Å². The number of alkyl halides is 1. The summed E-state index contributed by atoms with van der Waals surface area (Å²) in [7, 11) is 0. The van der Waals surface area contributed by atoms with E-state index < -0.39 is 11.4 Å². The molecule has 0 bridgehead atoms. The smallest absolute Gasteiger partial charge is 0.257 e. The van der Waals surface area contributed by atoms with Gasteiger partial charge in [0.05, 0.1) is 4.91 Å². The third-order valence-corrected chi connectivity index (χ3v) is 5.70. The fourth-order valence-electron chi connectivity index (χ4n) is 2.53. The first kappa shape index (κ1) is 19.8. The highest BCUT2D eigenvalue weighted by Gasteiger charge is 2.33. The largest absolute Gasteiger partial charge is 0.365 e. The lowest BCUT2D eigenvalue weighted by molar-refractivity contribution is -0.122. The average Bonchev–Trinajstić information content (AvgIpc) is 2.85. The van der Waals surface area contributed by atoms with Gasteiger partial charge < -0.3 is 16.0 Å². The molecule has 1 unspecified atom stereocenters. The maximum absolute atomic E-state index is 13.4. The Morgan fingerprint density at radius 3 is 2.80 bits per heavy atom. The van der Waals surface area contributed by atoms with E-state index in [1.165, 1.54) is 23.9 Å². The summed E-state index contributed by atoms with van der Waals surface area (Å²) in [5.41, 5.74) is 6.45. The van der Waals surface area contributed by atoms with Gasteiger partial charge in [-0.1, -0.05) is 39.8 Å². The molecule has 0 aliphatic carbocycles. The Labute approximate surface area is 159 Å². The second-order valence-electron chi connectivity index (χ2n) is 5.72. The fraction of sp³-hybridized carbons (Fsp3) is 0.412. The minimum absolute atomic E-state index is 0.0822.